The van der Waals surface area contributed by atoms with Gasteiger partial charge in [-0.1, -0.05) is 19.9 Å². The summed E-state index contributed by atoms with van der Waals surface area (Å²) in [6.45, 7) is 4.40. The van der Waals surface area contributed by atoms with E-state index in [1.165, 1.54) is 0 Å². The molecule has 4 nitrogen and oxygen atoms in total. The van der Waals surface area contributed by atoms with Gasteiger partial charge >= 0.3 is 0 Å². The molecule has 0 unspecified atom stereocenters. The highest BCUT2D eigenvalue weighted by Crippen LogP contribution is 2.21. The van der Waals surface area contributed by atoms with Gasteiger partial charge in [-0.15, -0.1) is 0 Å². The molecule has 0 fully saturated rings. The normalized spacial score (nSPS) is 10.7. The molecule has 0 aromatic carbocycles. The molecule has 0 N–H and O–H groups in total. The van der Waals surface area contributed by atoms with Crippen molar-refractivity contribution in [2.24, 2.45) is 5.92 Å². The van der Waals surface area contributed by atoms with Crippen molar-refractivity contribution in [3.63, 3.8) is 0 Å². The van der Waals surface area contributed by atoms with Gasteiger partial charge in [0.1, 0.15) is 5.69 Å². The smallest absolute Gasteiger partial charge is 0.178 e. The highest BCUT2D eigenvalue weighted by atomic mass is 16.5. The van der Waals surface area contributed by atoms with Crippen molar-refractivity contribution in [3.05, 3.63) is 36.3 Å². The van der Waals surface area contributed by atoms with E-state index in [1.807, 2.05) is 18.2 Å². The molecule has 100 valence electrons. The molecule has 19 heavy (non-hydrogen) atoms. The van der Waals surface area contributed by atoms with Crippen LogP contribution in [0.1, 0.15) is 26.0 Å². The van der Waals surface area contributed by atoms with Crippen molar-refractivity contribution in [2.45, 2.75) is 26.7 Å². The van der Waals surface area contributed by atoms with Crippen LogP contribution in [0.15, 0.2) is 30.6 Å². The topological polar surface area (TPSA) is 47.9 Å². The Morgan fingerprint density at radius 1 is 1.21 bits per heavy atom. The second-order valence-corrected chi connectivity index (χ2v) is 4.86. The summed E-state index contributed by atoms with van der Waals surface area (Å²) >= 11 is 0. The second kappa shape index (κ2) is 6.27. The summed E-state index contributed by atoms with van der Waals surface area (Å²) in [5, 5.41) is 0. The molecule has 0 aliphatic carbocycles. The lowest BCUT2D eigenvalue weighted by atomic mass is 10.1. The molecule has 2 aromatic rings. The van der Waals surface area contributed by atoms with Crippen LogP contribution >= 0.6 is 0 Å². The summed E-state index contributed by atoms with van der Waals surface area (Å²) in [7, 11) is 1.65. The van der Waals surface area contributed by atoms with E-state index >= 15 is 0 Å². The summed E-state index contributed by atoms with van der Waals surface area (Å²) in [6, 6.07) is 5.73. The van der Waals surface area contributed by atoms with Crippen molar-refractivity contribution in [3.8, 4) is 17.3 Å². The Bertz CT molecular complexity index is 526. The van der Waals surface area contributed by atoms with Crippen LogP contribution in [0.5, 0.6) is 5.75 Å². The standard InChI is InChI=1S/C15H19N3O/c1-11(2)7-8-12-14(19-3)10-17-15(18-12)13-6-4-5-9-16-13/h4-6,9-11H,7-8H2,1-3H3. The molecule has 4 heteroatoms. The van der Waals surface area contributed by atoms with Crippen molar-refractivity contribution in [2.75, 3.05) is 7.11 Å². The van der Waals surface area contributed by atoms with Crippen LogP contribution in [0.4, 0.5) is 0 Å². The van der Waals surface area contributed by atoms with Gasteiger partial charge in [-0.3, -0.25) is 4.98 Å². The van der Waals surface area contributed by atoms with Crippen molar-refractivity contribution in [1.82, 2.24) is 15.0 Å². The number of pyridine rings is 1. The second-order valence-electron chi connectivity index (χ2n) is 4.86. The van der Waals surface area contributed by atoms with Crippen LogP contribution in [0, 0.1) is 5.92 Å². The molecule has 0 atom stereocenters. The first-order valence-electron chi connectivity index (χ1n) is 6.52. The highest BCUT2D eigenvalue weighted by Gasteiger charge is 2.10. The predicted molar refractivity (Wildman–Crippen MR) is 75.0 cm³/mol. The fourth-order valence-electron chi connectivity index (χ4n) is 1.80. The Morgan fingerprint density at radius 2 is 2.05 bits per heavy atom. The van der Waals surface area contributed by atoms with E-state index < -0.39 is 0 Å². The van der Waals surface area contributed by atoms with Gasteiger partial charge in [0.2, 0.25) is 0 Å². The third-order valence-corrected chi connectivity index (χ3v) is 2.90. The van der Waals surface area contributed by atoms with Gasteiger partial charge in [0.05, 0.1) is 19.0 Å². The minimum absolute atomic E-state index is 0.637. The van der Waals surface area contributed by atoms with E-state index in [0.717, 1.165) is 30.0 Å². The summed E-state index contributed by atoms with van der Waals surface area (Å²) in [5.74, 6) is 2.04. The molecule has 0 spiro atoms. The number of hydrogen-bond acceptors (Lipinski definition) is 4. The lowest BCUT2D eigenvalue weighted by molar-refractivity contribution is 0.402. The van der Waals surface area contributed by atoms with Gasteiger partial charge in [-0.05, 0) is 30.9 Å². The first-order chi connectivity index (χ1) is 9.20. The maximum atomic E-state index is 5.32. The maximum absolute atomic E-state index is 5.32. The number of rotatable bonds is 5. The number of methoxy groups -OCH3 is 1. The molecule has 0 aliphatic heterocycles. The number of hydrogen-bond donors (Lipinski definition) is 0. The van der Waals surface area contributed by atoms with Crippen molar-refractivity contribution >= 4 is 0 Å². The molecule has 0 saturated heterocycles. The minimum atomic E-state index is 0.637. The van der Waals surface area contributed by atoms with Gasteiger partial charge in [-0.25, -0.2) is 9.97 Å². The van der Waals surface area contributed by atoms with Gasteiger partial charge in [-0.2, -0.15) is 0 Å². The minimum Gasteiger partial charge on any atom is -0.493 e. The zero-order valence-electron chi connectivity index (χ0n) is 11.6. The zero-order chi connectivity index (χ0) is 13.7. The van der Waals surface area contributed by atoms with E-state index in [0.29, 0.717) is 11.7 Å². The fraction of sp³-hybridized carbons (Fsp3) is 0.400. The number of aromatic nitrogens is 3. The zero-order valence-corrected chi connectivity index (χ0v) is 11.6. The van der Waals surface area contributed by atoms with E-state index in [1.54, 1.807) is 19.5 Å². The quantitative estimate of drug-likeness (QED) is 0.825. The van der Waals surface area contributed by atoms with Gasteiger partial charge < -0.3 is 4.74 Å². The van der Waals surface area contributed by atoms with Crippen LogP contribution in [0.3, 0.4) is 0 Å². The molecule has 2 rings (SSSR count). The largest absolute Gasteiger partial charge is 0.493 e. The number of aryl methyl sites for hydroxylation is 1. The summed E-state index contributed by atoms with van der Waals surface area (Å²) in [5.41, 5.74) is 1.74. The predicted octanol–water partition coefficient (Wildman–Crippen LogP) is 3.14. The van der Waals surface area contributed by atoms with Gasteiger partial charge in [0, 0.05) is 6.20 Å². The van der Waals surface area contributed by atoms with E-state index in [4.69, 9.17) is 4.74 Å². The number of ether oxygens (including phenoxy) is 1. The lowest BCUT2D eigenvalue weighted by Gasteiger charge is -2.10. The molecule has 0 radical (unpaired) electrons. The summed E-state index contributed by atoms with van der Waals surface area (Å²) in [6.07, 6.45) is 5.45. The van der Waals surface area contributed by atoms with E-state index in [2.05, 4.69) is 28.8 Å². The van der Waals surface area contributed by atoms with Gasteiger partial charge in [0.25, 0.3) is 0 Å². The Kier molecular flexibility index (Phi) is 4.44. The Morgan fingerprint density at radius 3 is 2.68 bits per heavy atom. The molecular weight excluding hydrogens is 238 g/mol. The monoisotopic (exact) mass is 257 g/mol. The summed E-state index contributed by atoms with van der Waals surface area (Å²) in [4.78, 5) is 13.2. The SMILES string of the molecule is COc1cnc(-c2ccccn2)nc1CCC(C)C. The molecule has 0 saturated carbocycles. The Balaban J connectivity index is 2.30. The summed E-state index contributed by atoms with van der Waals surface area (Å²) < 4.78 is 5.32. The average Bonchev–Trinajstić information content (AvgIpc) is 2.45. The molecule has 0 bridgehead atoms. The van der Waals surface area contributed by atoms with E-state index in [9.17, 15) is 0 Å². The fourth-order valence-corrected chi connectivity index (χ4v) is 1.80. The van der Waals surface area contributed by atoms with Crippen molar-refractivity contribution in [1.29, 1.82) is 0 Å². The average molecular weight is 257 g/mol. The molecule has 2 heterocycles. The number of nitrogens with zero attached hydrogens (tertiary/aromatic N) is 3. The first kappa shape index (κ1) is 13.5. The lowest BCUT2D eigenvalue weighted by Crippen LogP contribution is -2.02. The van der Waals surface area contributed by atoms with Crippen molar-refractivity contribution < 1.29 is 4.74 Å². The molecular formula is C15H19N3O. The van der Waals surface area contributed by atoms with Crippen LogP contribution < -0.4 is 4.74 Å². The highest BCUT2D eigenvalue weighted by molar-refractivity contribution is 5.49. The molecule has 0 amide bonds. The molecule has 2 aromatic heterocycles. The first-order valence-corrected chi connectivity index (χ1v) is 6.52. The van der Waals surface area contributed by atoms with Crippen LogP contribution in [-0.2, 0) is 6.42 Å². The third kappa shape index (κ3) is 3.50. The maximum Gasteiger partial charge on any atom is 0.178 e. The van der Waals surface area contributed by atoms with Crippen LogP contribution in [0.2, 0.25) is 0 Å². The molecule has 0 aliphatic rings. The van der Waals surface area contributed by atoms with E-state index in [-0.39, 0.29) is 0 Å². The Hall–Kier alpha value is -1.97. The Labute approximate surface area is 113 Å². The van der Waals surface area contributed by atoms with Crippen LogP contribution in [-0.4, -0.2) is 22.1 Å². The third-order valence-electron chi connectivity index (χ3n) is 2.90. The van der Waals surface area contributed by atoms with Crippen LogP contribution in [0.25, 0.3) is 11.5 Å². The van der Waals surface area contributed by atoms with Gasteiger partial charge in [0.15, 0.2) is 11.6 Å².